The van der Waals surface area contributed by atoms with Crippen molar-refractivity contribution < 1.29 is 19.4 Å². The van der Waals surface area contributed by atoms with Crippen LogP contribution in [0.3, 0.4) is 0 Å². The molecule has 0 amide bonds. The molecule has 5 nitrogen and oxygen atoms in total. The molecule has 0 unspecified atom stereocenters. The lowest BCUT2D eigenvalue weighted by atomic mass is 10.1. The van der Waals surface area contributed by atoms with Crippen LogP contribution in [0, 0.1) is 0 Å². The lowest BCUT2D eigenvalue weighted by Crippen LogP contribution is -2.32. The number of aromatic hydroxyl groups is 1. The summed E-state index contributed by atoms with van der Waals surface area (Å²) in [6, 6.07) is 3.22. The predicted molar refractivity (Wildman–Crippen MR) is 70.1 cm³/mol. The maximum absolute atomic E-state index is 11.2. The number of carbonyl (C=O) groups excluding carboxylic acids is 1. The van der Waals surface area contributed by atoms with E-state index in [4.69, 9.17) is 9.47 Å². The number of nitrogens with zero attached hydrogens (tertiary/aromatic N) is 1. The molecular formula is C14H17NO4. The fourth-order valence-electron chi connectivity index (χ4n) is 2.01. The van der Waals surface area contributed by atoms with Crippen LogP contribution in [-0.2, 0) is 11.3 Å². The zero-order chi connectivity index (χ0) is 13.8. The Labute approximate surface area is 112 Å². The van der Waals surface area contributed by atoms with Gasteiger partial charge in [-0.3, -0.25) is 4.90 Å². The summed E-state index contributed by atoms with van der Waals surface area (Å²) in [5, 5.41) is 10.1. The van der Waals surface area contributed by atoms with Gasteiger partial charge in [0.1, 0.15) is 12.5 Å². The smallest absolute Gasteiger partial charge is 0.335 e. The van der Waals surface area contributed by atoms with E-state index in [2.05, 4.69) is 18.4 Å². The summed E-state index contributed by atoms with van der Waals surface area (Å²) in [5.41, 5.74) is 0.647. The van der Waals surface area contributed by atoms with Gasteiger partial charge in [-0.15, -0.1) is 0 Å². The number of fused-ring (bicyclic) bond motifs is 1. The first-order valence-corrected chi connectivity index (χ1v) is 6.20. The fourth-order valence-corrected chi connectivity index (χ4v) is 2.01. The lowest BCUT2D eigenvalue weighted by Gasteiger charge is -2.29. The van der Waals surface area contributed by atoms with Gasteiger partial charge in [-0.2, -0.15) is 0 Å². The van der Waals surface area contributed by atoms with Crippen molar-refractivity contribution in [3.8, 4) is 17.2 Å². The van der Waals surface area contributed by atoms with Crippen LogP contribution < -0.4 is 9.47 Å². The molecule has 0 bridgehead atoms. The fraction of sp³-hybridized carbons (Fsp3) is 0.357. The summed E-state index contributed by atoms with van der Waals surface area (Å²) in [6.07, 6.45) is 2.06. The molecule has 1 aliphatic heterocycles. The molecule has 1 aromatic carbocycles. The van der Waals surface area contributed by atoms with Gasteiger partial charge in [0.25, 0.3) is 0 Å². The number of hydrogen-bond donors (Lipinski definition) is 1. The quantitative estimate of drug-likeness (QED) is 0.512. The molecule has 2 rings (SSSR count). The summed E-state index contributed by atoms with van der Waals surface area (Å²) < 4.78 is 10.5. The third kappa shape index (κ3) is 2.88. The molecule has 0 aliphatic carbocycles. The zero-order valence-electron chi connectivity index (χ0n) is 10.9. The topological polar surface area (TPSA) is 59.0 Å². The van der Waals surface area contributed by atoms with Crippen molar-refractivity contribution in [3.05, 3.63) is 30.4 Å². The maximum Gasteiger partial charge on any atom is 0.335 e. The van der Waals surface area contributed by atoms with Crippen molar-refractivity contribution in [3.63, 3.8) is 0 Å². The van der Waals surface area contributed by atoms with E-state index >= 15 is 0 Å². The summed E-state index contributed by atoms with van der Waals surface area (Å²) >= 11 is 0. The second-order valence-corrected chi connectivity index (χ2v) is 4.34. The molecule has 0 saturated heterocycles. The van der Waals surface area contributed by atoms with Crippen LogP contribution in [0.5, 0.6) is 17.2 Å². The Morgan fingerprint density at radius 1 is 1.63 bits per heavy atom. The minimum Gasteiger partial charge on any atom is -0.504 e. The van der Waals surface area contributed by atoms with Gasteiger partial charge < -0.3 is 14.6 Å². The van der Waals surface area contributed by atoms with Gasteiger partial charge in [-0.1, -0.05) is 13.5 Å². The van der Waals surface area contributed by atoms with E-state index in [9.17, 15) is 9.90 Å². The standard InChI is InChI=1S/C14H17NO4/c1-3-7-15-8-10-11(18-9-15)5-6-12(14(10)17)19-13(16)4-2/h4-6,17H,2-3,7-9H2,1H3. The number of phenolic OH excluding ortho intramolecular Hbond substituents is 1. The molecule has 0 fully saturated rings. The first-order valence-electron chi connectivity index (χ1n) is 6.20. The number of ether oxygens (including phenoxy) is 2. The van der Waals surface area contributed by atoms with Crippen molar-refractivity contribution in [1.82, 2.24) is 4.90 Å². The largest absolute Gasteiger partial charge is 0.504 e. The van der Waals surface area contributed by atoms with Crippen LogP contribution in [0.2, 0.25) is 0 Å². The van der Waals surface area contributed by atoms with E-state index in [1.807, 2.05) is 0 Å². The predicted octanol–water partition coefficient (Wildman–Crippen LogP) is 2.05. The van der Waals surface area contributed by atoms with Crippen LogP contribution >= 0.6 is 0 Å². The van der Waals surface area contributed by atoms with Crippen LogP contribution in [-0.4, -0.2) is 29.3 Å². The van der Waals surface area contributed by atoms with Gasteiger partial charge in [0.2, 0.25) is 0 Å². The summed E-state index contributed by atoms with van der Waals surface area (Å²) in [5.74, 6) is 0.111. The van der Waals surface area contributed by atoms with Crippen molar-refractivity contribution in [2.45, 2.75) is 19.9 Å². The number of carbonyl (C=O) groups is 1. The first kappa shape index (κ1) is 13.4. The van der Waals surface area contributed by atoms with E-state index in [1.54, 1.807) is 6.07 Å². The second kappa shape index (κ2) is 5.75. The Kier molecular flexibility index (Phi) is 4.06. The first-order chi connectivity index (χ1) is 9.15. The highest BCUT2D eigenvalue weighted by atomic mass is 16.5. The molecule has 0 saturated carbocycles. The summed E-state index contributed by atoms with van der Waals surface area (Å²) in [4.78, 5) is 13.2. The Balaban J connectivity index is 2.25. The van der Waals surface area contributed by atoms with Gasteiger partial charge in [0.15, 0.2) is 11.5 Å². The van der Waals surface area contributed by atoms with E-state index < -0.39 is 5.97 Å². The van der Waals surface area contributed by atoms with Gasteiger partial charge in [0.05, 0.1) is 5.56 Å². The molecule has 1 heterocycles. The maximum atomic E-state index is 11.2. The highest BCUT2D eigenvalue weighted by molar-refractivity contribution is 5.84. The van der Waals surface area contributed by atoms with E-state index in [-0.39, 0.29) is 11.5 Å². The van der Waals surface area contributed by atoms with E-state index in [0.29, 0.717) is 24.6 Å². The Morgan fingerprint density at radius 2 is 2.42 bits per heavy atom. The molecule has 19 heavy (non-hydrogen) atoms. The molecular weight excluding hydrogens is 246 g/mol. The van der Waals surface area contributed by atoms with Gasteiger partial charge in [0, 0.05) is 19.2 Å². The van der Waals surface area contributed by atoms with Crippen LogP contribution in [0.15, 0.2) is 24.8 Å². The minimum atomic E-state index is -0.600. The van der Waals surface area contributed by atoms with E-state index in [0.717, 1.165) is 19.0 Å². The van der Waals surface area contributed by atoms with Gasteiger partial charge >= 0.3 is 5.97 Å². The number of hydrogen-bond acceptors (Lipinski definition) is 5. The van der Waals surface area contributed by atoms with Gasteiger partial charge in [-0.05, 0) is 18.6 Å². The summed E-state index contributed by atoms with van der Waals surface area (Å²) in [7, 11) is 0. The second-order valence-electron chi connectivity index (χ2n) is 4.34. The van der Waals surface area contributed by atoms with Crippen molar-refractivity contribution in [2.75, 3.05) is 13.3 Å². The molecule has 0 radical (unpaired) electrons. The van der Waals surface area contributed by atoms with Crippen LogP contribution in [0.25, 0.3) is 0 Å². The van der Waals surface area contributed by atoms with Crippen LogP contribution in [0.1, 0.15) is 18.9 Å². The van der Waals surface area contributed by atoms with Crippen LogP contribution in [0.4, 0.5) is 0 Å². The molecule has 5 heteroatoms. The van der Waals surface area contributed by atoms with Crippen molar-refractivity contribution in [1.29, 1.82) is 0 Å². The Morgan fingerprint density at radius 3 is 3.11 bits per heavy atom. The Bertz CT molecular complexity index is 498. The number of rotatable bonds is 4. The van der Waals surface area contributed by atoms with Crippen molar-refractivity contribution >= 4 is 5.97 Å². The molecule has 1 aliphatic rings. The SMILES string of the molecule is C=CC(=O)Oc1ccc2c(c1O)CN(CCC)CO2. The Hall–Kier alpha value is -2.01. The molecule has 0 aromatic heterocycles. The minimum absolute atomic E-state index is 0.0477. The lowest BCUT2D eigenvalue weighted by molar-refractivity contribution is -0.129. The number of benzene rings is 1. The molecule has 1 N–H and O–H groups in total. The average Bonchev–Trinajstić information content (AvgIpc) is 2.42. The van der Waals surface area contributed by atoms with E-state index in [1.165, 1.54) is 6.07 Å². The summed E-state index contributed by atoms with van der Waals surface area (Å²) in [6.45, 7) is 7.37. The molecule has 102 valence electrons. The average molecular weight is 263 g/mol. The highest BCUT2D eigenvalue weighted by Gasteiger charge is 2.22. The third-order valence-electron chi connectivity index (χ3n) is 2.90. The zero-order valence-corrected chi connectivity index (χ0v) is 10.9. The monoisotopic (exact) mass is 263 g/mol. The van der Waals surface area contributed by atoms with Gasteiger partial charge in [-0.25, -0.2) is 4.79 Å². The number of phenols is 1. The molecule has 1 aromatic rings. The molecule has 0 spiro atoms. The number of esters is 1. The third-order valence-corrected chi connectivity index (χ3v) is 2.90. The normalized spacial score (nSPS) is 14.4. The highest BCUT2D eigenvalue weighted by Crippen LogP contribution is 2.39. The molecule has 0 atom stereocenters. The van der Waals surface area contributed by atoms with Crippen molar-refractivity contribution in [2.24, 2.45) is 0 Å².